The van der Waals surface area contributed by atoms with Crippen molar-refractivity contribution in [1.82, 2.24) is 0 Å². The summed E-state index contributed by atoms with van der Waals surface area (Å²) in [5.74, 6) is 0. The molecule has 5 aromatic carbocycles. The number of halogens is 1. The lowest BCUT2D eigenvalue weighted by Crippen LogP contribution is -3.00. The van der Waals surface area contributed by atoms with Crippen molar-refractivity contribution < 1.29 is 17.0 Å². The largest absolute Gasteiger partial charge is 1.00 e. The molecule has 0 aliphatic carbocycles. The van der Waals surface area contributed by atoms with Gasteiger partial charge in [-0.3, -0.25) is 0 Å². The molecule has 0 heterocycles. The summed E-state index contributed by atoms with van der Waals surface area (Å²) in [5, 5.41) is 7.95. The second-order valence-electron chi connectivity index (χ2n) is 8.47. The van der Waals surface area contributed by atoms with Gasteiger partial charge in [-0.25, -0.2) is 0 Å². The van der Waals surface area contributed by atoms with Gasteiger partial charge in [-0.2, -0.15) is 0 Å². The van der Waals surface area contributed by atoms with Crippen LogP contribution in [0.3, 0.4) is 0 Å². The fourth-order valence-electron chi connectivity index (χ4n) is 4.65. The van der Waals surface area contributed by atoms with Crippen LogP contribution in [0.15, 0.2) is 146 Å². The van der Waals surface area contributed by atoms with E-state index in [4.69, 9.17) is 0 Å². The van der Waals surface area contributed by atoms with Crippen molar-refractivity contribution in [2.75, 3.05) is 5.32 Å². The molecule has 0 fully saturated rings. The Kier molecular flexibility index (Phi) is 8.53. The third kappa shape index (κ3) is 5.56. The maximum atomic E-state index is 3.72. The molecule has 3 heteroatoms. The summed E-state index contributed by atoms with van der Waals surface area (Å²) >= 11 is 0. The molecule has 0 aliphatic heterocycles. The van der Waals surface area contributed by atoms with Crippen molar-refractivity contribution in [2.24, 2.45) is 0 Å². The Hall–Kier alpha value is -3.19. The van der Waals surface area contributed by atoms with Crippen molar-refractivity contribution in [3.05, 3.63) is 157 Å². The zero-order valence-electron chi connectivity index (χ0n) is 19.6. The van der Waals surface area contributed by atoms with Crippen LogP contribution in [0.2, 0.25) is 0 Å². The first-order valence-electron chi connectivity index (χ1n) is 11.8. The predicted molar refractivity (Wildman–Crippen MR) is 149 cm³/mol. The van der Waals surface area contributed by atoms with Gasteiger partial charge in [0.15, 0.2) is 0 Å². The molecule has 0 bridgehead atoms. The summed E-state index contributed by atoms with van der Waals surface area (Å²) in [7, 11) is -1.94. The standard InChI is InChI=1S/C32H29NP.BrH/c1-5-15-27(16-6-1)25-33-32-24-14-13-17-28(32)26-34(29-18-7-2-8-19-29,30-20-9-3-10-21-30)31-22-11-4-12-23-31;/h1-24,33H,25-26H2;1H/q+1;/p-1. The van der Waals surface area contributed by atoms with E-state index in [1.165, 1.54) is 32.7 Å². The molecule has 174 valence electrons. The van der Waals surface area contributed by atoms with Crippen molar-refractivity contribution >= 4 is 28.9 Å². The van der Waals surface area contributed by atoms with Crippen molar-refractivity contribution in [3.63, 3.8) is 0 Å². The Morgan fingerprint density at radius 3 is 1.34 bits per heavy atom. The number of hydrogen-bond donors (Lipinski definition) is 1. The number of nitrogens with one attached hydrogen (secondary N) is 1. The lowest BCUT2D eigenvalue weighted by Gasteiger charge is -2.28. The second-order valence-corrected chi connectivity index (χ2v) is 12.0. The highest BCUT2D eigenvalue weighted by Gasteiger charge is 2.45. The van der Waals surface area contributed by atoms with E-state index in [0.29, 0.717) is 0 Å². The van der Waals surface area contributed by atoms with Gasteiger partial charge in [-0.05, 0) is 48.0 Å². The van der Waals surface area contributed by atoms with Gasteiger partial charge in [0, 0.05) is 17.8 Å². The minimum atomic E-state index is -1.94. The Labute approximate surface area is 220 Å². The van der Waals surface area contributed by atoms with Gasteiger partial charge in [0.2, 0.25) is 0 Å². The zero-order valence-corrected chi connectivity index (χ0v) is 22.1. The SMILES string of the molecule is [Br-].c1ccc(CNc2ccccc2C[P+](c2ccccc2)(c2ccccc2)c2ccccc2)cc1. The van der Waals surface area contributed by atoms with E-state index in [9.17, 15) is 0 Å². The van der Waals surface area contributed by atoms with Gasteiger partial charge in [-0.15, -0.1) is 0 Å². The summed E-state index contributed by atoms with van der Waals surface area (Å²) in [6, 6.07) is 52.7. The Balaban J connectivity index is 0.00000289. The van der Waals surface area contributed by atoms with Crippen LogP contribution in [-0.4, -0.2) is 0 Å². The molecule has 5 aromatic rings. The maximum absolute atomic E-state index is 3.72. The molecule has 35 heavy (non-hydrogen) atoms. The molecule has 0 unspecified atom stereocenters. The van der Waals surface area contributed by atoms with Crippen LogP contribution < -0.4 is 38.2 Å². The van der Waals surface area contributed by atoms with E-state index in [1.807, 2.05) is 0 Å². The lowest BCUT2D eigenvalue weighted by atomic mass is 10.2. The van der Waals surface area contributed by atoms with Gasteiger partial charge < -0.3 is 22.3 Å². The number of rotatable bonds is 8. The summed E-state index contributed by atoms with van der Waals surface area (Å²) in [4.78, 5) is 0. The van der Waals surface area contributed by atoms with Crippen LogP contribution in [0.4, 0.5) is 5.69 Å². The summed E-state index contributed by atoms with van der Waals surface area (Å²) in [6.45, 7) is 0.811. The maximum Gasteiger partial charge on any atom is 0.116 e. The Bertz CT molecular complexity index is 1210. The highest BCUT2D eigenvalue weighted by Crippen LogP contribution is 2.58. The minimum absolute atomic E-state index is 0. The summed E-state index contributed by atoms with van der Waals surface area (Å²) < 4.78 is 0. The molecular weight excluding hydrogens is 509 g/mol. The van der Waals surface area contributed by atoms with Crippen LogP contribution in [0.5, 0.6) is 0 Å². The molecule has 0 aromatic heterocycles. The quantitative estimate of drug-likeness (QED) is 0.297. The lowest BCUT2D eigenvalue weighted by molar-refractivity contribution is -0.00000656. The molecule has 0 saturated heterocycles. The van der Waals surface area contributed by atoms with Crippen LogP contribution in [-0.2, 0) is 12.7 Å². The Morgan fingerprint density at radius 2 is 0.857 bits per heavy atom. The molecule has 0 saturated carbocycles. The van der Waals surface area contributed by atoms with Gasteiger partial charge in [0.1, 0.15) is 29.3 Å². The smallest absolute Gasteiger partial charge is 0.116 e. The highest BCUT2D eigenvalue weighted by atomic mass is 79.9. The monoisotopic (exact) mass is 537 g/mol. The third-order valence-corrected chi connectivity index (χ3v) is 10.7. The first kappa shape index (κ1) is 24.9. The number of anilines is 1. The fraction of sp³-hybridized carbons (Fsp3) is 0.0625. The Morgan fingerprint density at radius 1 is 0.457 bits per heavy atom. The second kappa shape index (κ2) is 12.0. The fourth-order valence-corrected chi connectivity index (χ4v) is 8.92. The molecule has 0 aliphatic rings. The zero-order chi connectivity index (χ0) is 23.1. The molecule has 0 amide bonds. The predicted octanol–water partition coefficient (Wildman–Crippen LogP) is 3.80. The van der Waals surface area contributed by atoms with Crippen LogP contribution in [0.25, 0.3) is 0 Å². The number of benzene rings is 5. The third-order valence-electron chi connectivity index (χ3n) is 6.34. The molecule has 0 atom stereocenters. The number of hydrogen-bond acceptors (Lipinski definition) is 1. The van der Waals surface area contributed by atoms with E-state index in [0.717, 1.165) is 12.7 Å². The first-order chi connectivity index (χ1) is 16.9. The molecule has 0 radical (unpaired) electrons. The van der Waals surface area contributed by atoms with E-state index < -0.39 is 7.26 Å². The molecule has 1 nitrogen and oxygen atoms in total. The average Bonchev–Trinajstić information content (AvgIpc) is 2.93. The van der Waals surface area contributed by atoms with E-state index >= 15 is 0 Å². The number of para-hydroxylation sites is 1. The topological polar surface area (TPSA) is 12.0 Å². The van der Waals surface area contributed by atoms with Crippen molar-refractivity contribution in [2.45, 2.75) is 12.7 Å². The van der Waals surface area contributed by atoms with Gasteiger partial charge in [0.25, 0.3) is 0 Å². The van der Waals surface area contributed by atoms with Crippen LogP contribution in [0, 0.1) is 0 Å². The van der Waals surface area contributed by atoms with Crippen molar-refractivity contribution in [3.8, 4) is 0 Å². The van der Waals surface area contributed by atoms with Gasteiger partial charge in [-0.1, -0.05) is 103 Å². The highest BCUT2D eigenvalue weighted by molar-refractivity contribution is 7.95. The normalized spacial score (nSPS) is 10.9. The van der Waals surface area contributed by atoms with E-state index in [2.05, 4.69) is 151 Å². The van der Waals surface area contributed by atoms with E-state index in [1.54, 1.807) is 0 Å². The van der Waals surface area contributed by atoms with E-state index in [-0.39, 0.29) is 17.0 Å². The van der Waals surface area contributed by atoms with Crippen molar-refractivity contribution in [1.29, 1.82) is 0 Å². The summed E-state index contributed by atoms with van der Waals surface area (Å²) in [5.41, 5.74) is 3.84. The molecular formula is C32H29BrNP. The molecule has 0 spiro atoms. The molecule has 5 rings (SSSR count). The van der Waals surface area contributed by atoms with Crippen LogP contribution >= 0.6 is 7.26 Å². The van der Waals surface area contributed by atoms with Crippen LogP contribution in [0.1, 0.15) is 11.1 Å². The minimum Gasteiger partial charge on any atom is -1.00 e. The first-order valence-corrected chi connectivity index (χ1v) is 13.7. The van der Waals surface area contributed by atoms with Gasteiger partial charge >= 0.3 is 0 Å². The average molecular weight is 538 g/mol. The van der Waals surface area contributed by atoms with Gasteiger partial charge in [0.05, 0.1) is 0 Å². The summed E-state index contributed by atoms with van der Waals surface area (Å²) in [6.07, 6.45) is 0.961. The molecule has 1 N–H and O–H groups in total.